The van der Waals surface area contributed by atoms with E-state index in [-0.39, 0.29) is 17.6 Å². The monoisotopic (exact) mass is 437 g/mol. The van der Waals surface area contributed by atoms with Crippen LogP contribution in [0.1, 0.15) is 31.4 Å². The van der Waals surface area contributed by atoms with Gasteiger partial charge in [-0.2, -0.15) is 0 Å². The molecule has 2 aromatic rings. The molecule has 0 spiro atoms. The fraction of sp³-hybridized carbons (Fsp3) is 0.450. The first-order chi connectivity index (χ1) is 13.6. The maximum Gasteiger partial charge on any atom is 0.245 e. The van der Waals surface area contributed by atoms with Gasteiger partial charge in [-0.05, 0) is 37.1 Å². The van der Waals surface area contributed by atoms with E-state index in [4.69, 9.17) is 11.6 Å². The van der Waals surface area contributed by atoms with E-state index in [1.54, 1.807) is 17.6 Å². The lowest BCUT2D eigenvalue weighted by Crippen LogP contribution is -2.50. The Labute approximate surface area is 178 Å². The van der Waals surface area contributed by atoms with E-state index in [9.17, 15) is 9.59 Å². The number of thiazole rings is 1. The minimum absolute atomic E-state index is 0.000238. The van der Waals surface area contributed by atoms with Crippen LogP contribution < -0.4 is 5.32 Å². The molecule has 0 aliphatic carbocycles. The number of hydrogen-bond acceptors (Lipinski definition) is 5. The number of rotatable bonds is 7. The maximum absolute atomic E-state index is 13.1. The van der Waals surface area contributed by atoms with E-state index >= 15 is 0 Å². The number of nitrogens with one attached hydrogen (secondary N) is 1. The molecule has 28 heavy (non-hydrogen) atoms. The van der Waals surface area contributed by atoms with Gasteiger partial charge in [0.1, 0.15) is 6.04 Å². The highest BCUT2D eigenvalue weighted by molar-refractivity contribution is 8.00. The molecular formula is C20H24ClN3O2S2. The summed E-state index contributed by atoms with van der Waals surface area (Å²) in [7, 11) is 0. The van der Waals surface area contributed by atoms with Gasteiger partial charge in [-0.1, -0.05) is 24.4 Å². The Morgan fingerprint density at radius 2 is 1.89 bits per heavy atom. The summed E-state index contributed by atoms with van der Waals surface area (Å²) in [4.78, 5) is 32.8. The fourth-order valence-electron chi connectivity index (χ4n) is 3.17. The second kappa shape index (κ2) is 10.8. The van der Waals surface area contributed by atoms with Crippen LogP contribution in [-0.2, 0) is 16.0 Å². The van der Waals surface area contributed by atoms with Crippen molar-refractivity contribution in [1.82, 2.24) is 15.2 Å². The van der Waals surface area contributed by atoms with E-state index in [0.29, 0.717) is 11.4 Å². The quantitative estimate of drug-likeness (QED) is 0.664. The molecule has 1 aliphatic rings. The summed E-state index contributed by atoms with van der Waals surface area (Å²) in [6.07, 6.45) is 4.79. The highest BCUT2D eigenvalue weighted by atomic mass is 35.5. The van der Waals surface area contributed by atoms with Gasteiger partial charge < -0.3 is 10.2 Å². The second-order valence-electron chi connectivity index (χ2n) is 6.79. The van der Waals surface area contributed by atoms with Crippen LogP contribution in [0.3, 0.4) is 0 Å². The van der Waals surface area contributed by atoms with E-state index in [1.807, 2.05) is 22.4 Å². The number of hydrogen-bond donors (Lipinski definition) is 1. The lowest BCUT2D eigenvalue weighted by molar-refractivity contribution is -0.136. The summed E-state index contributed by atoms with van der Waals surface area (Å²) >= 11 is 8.82. The number of thioether (sulfide) groups is 1. The number of carbonyl (C=O) groups excluding carboxylic acids is 2. The van der Waals surface area contributed by atoms with E-state index < -0.39 is 6.04 Å². The van der Waals surface area contributed by atoms with Crippen molar-refractivity contribution in [2.45, 2.75) is 43.0 Å². The van der Waals surface area contributed by atoms with Crippen LogP contribution >= 0.6 is 34.7 Å². The van der Waals surface area contributed by atoms with Crippen molar-refractivity contribution < 1.29 is 9.59 Å². The van der Waals surface area contributed by atoms with Crippen LogP contribution in [0.25, 0.3) is 0 Å². The molecule has 150 valence electrons. The van der Waals surface area contributed by atoms with E-state index in [0.717, 1.165) is 49.4 Å². The Bertz CT molecular complexity index is 760. The third kappa shape index (κ3) is 6.50. The summed E-state index contributed by atoms with van der Waals surface area (Å²) in [5.41, 5.74) is 2.59. The second-order valence-corrected chi connectivity index (χ2v) is 8.99. The largest absolute Gasteiger partial charge is 0.343 e. The van der Waals surface area contributed by atoms with Crippen molar-refractivity contribution in [2.75, 3.05) is 18.8 Å². The maximum atomic E-state index is 13.1. The molecule has 1 aromatic carbocycles. The van der Waals surface area contributed by atoms with Gasteiger partial charge in [-0.25, -0.2) is 4.98 Å². The van der Waals surface area contributed by atoms with Gasteiger partial charge in [-0.15, -0.1) is 23.1 Å². The Morgan fingerprint density at radius 1 is 1.18 bits per heavy atom. The number of halogens is 1. The van der Waals surface area contributed by atoms with Crippen LogP contribution in [0.5, 0.6) is 0 Å². The molecule has 1 unspecified atom stereocenters. The first-order valence-electron chi connectivity index (χ1n) is 9.45. The first-order valence-corrected chi connectivity index (χ1v) is 11.8. The molecule has 2 heterocycles. The zero-order valence-corrected chi connectivity index (χ0v) is 18.0. The van der Waals surface area contributed by atoms with Crippen LogP contribution in [0.15, 0.2) is 40.1 Å². The Morgan fingerprint density at radius 3 is 2.54 bits per heavy atom. The van der Waals surface area contributed by atoms with Crippen molar-refractivity contribution in [3.8, 4) is 0 Å². The Kier molecular flexibility index (Phi) is 8.18. The number of carbonyl (C=O) groups is 2. The molecule has 0 radical (unpaired) electrons. The van der Waals surface area contributed by atoms with Crippen LogP contribution in [0.4, 0.5) is 0 Å². The van der Waals surface area contributed by atoms with Crippen LogP contribution in [0, 0.1) is 0 Å². The predicted molar refractivity (Wildman–Crippen MR) is 115 cm³/mol. The number of nitrogens with zero attached hydrogens (tertiary/aromatic N) is 2. The zero-order chi connectivity index (χ0) is 19.8. The average Bonchev–Trinajstić information content (AvgIpc) is 3.06. The molecule has 1 saturated heterocycles. The van der Waals surface area contributed by atoms with Gasteiger partial charge in [0, 0.05) is 34.8 Å². The fourth-order valence-corrected chi connectivity index (χ4v) is 4.58. The minimum Gasteiger partial charge on any atom is -0.343 e. The number of amides is 2. The lowest BCUT2D eigenvalue weighted by atomic mass is 10.1. The molecule has 1 aliphatic heterocycles. The SMILES string of the molecule is O=C(CSc1ccc(Cl)cc1)NC(Cc1cscn1)C(=O)N1CCCCCC1. The zero-order valence-electron chi connectivity index (χ0n) is 15.6. The van der Waals surface area contributed by atoms with E-state index in [2.05, 4.69) is 10.3 Å². The summed E-state index contributed by atoms with van der Waals surface area (Å²) in [6.45, 7) is 1.53. The molecule has 1 fully saturated rings. The number of aromatic nitrogens is 1. The van der Waals surface area contributed by atoms with Crippen molar-refractivity contribution in [1.29, 1.82) is 0 Å². The molecule has 3 rings (SSSR count). The molecule has 0 saturated carbocycles. The highest BCUT2D eigenvalue weighted by Crippen LogP contribution is 2.20. The molecule has 2 amide bonds. The molecule has 1 atom stereocenters. The highest BCUT2D eigenvalue weighted by Gasteiger charge is 2.27. The molecule has 0 bridgehead atoms. The third-order valence-corrected chi connectivity index (χ3v) is 6.53. The van der Waals surface area contributed by atoms with Crippen LogP contribution in [0.2, 0.25) is 5.02 Å². The molecule has 8 heteroatoms. The van der Waals surface area contributed by atoms with Gasteiger partial charge >= 0.3 is 0 Å². The van der Waals surface area contributed by atoms with Crippen molar-refractivity contribution in [3.63, 3.8) is 0 Å². The van der Waals surface area contributed by atoms with Gasteiger partial charge in [0.15, 0.2) is 0 Å². The summed E-state index contributed by atoms with van der Waals surface area (Å²) in [5, 5.41) is 5.54. The minimum atomic E-state index is -0.571. The topological polar surface area (TPSA) is 62.3 Å². The Balaban J connectivity index is 1.61. The Hall–Kier alpha value is -1.57. The normalized spacial score (nSPS) is 15.7. The first kappa shape index (κ1) is 21.1. The smallest absolute Gasteiger partial charge is 0.245 e. The number of likely N-dealkylation sites (tertiary alicyclic amines) is 1. The summed E-state index contributed by atoms with van der Waals surface area (Å²) in [5.74, 6) is 0.103. The molecular weight excluding hydrogens is 414 g/mol. The van der Waals surface area contributed by atoms with Crippen LogP contribution in [-0.4, -0.2) is 46.6 Å². The average molecular weight is 438 g/mol. The third-order valence-electron chi connectivity index (χ3n) is 4.63. The van der Waals surface area contributed by atoms with E-state index in [1.165, 1.54) is 23.1 Å². The predicted octanol–water partition coefficient (Wildman–Crippen LogP) is 4.02. The number of benzene rings is 1. The molecule has 1 aromatic heterocycles. The molecule has 5 nitrogen and oxygen atoms in total. The summed E-state index contributed by atoms with van der Waals surface area (Å²) in [6, 6.07) is 6.80. The molecule has 1 N–H and O–H groups in total. The van der Waals surface area contributed by atoms with Crippen molar-refractivity contribution in [3.05, 3.63) is 45.9 Å². The van der Waals surface area contributed by atoms with Crippen molar-refractivity contribution in [2.24, 2.45) is 0 Å². The van der Waals surface area contributed by atoms with Crippen molar-refractivity contribution >= 4 is 46.5 Å². The van der Waals surface area contributed by atoms with Gasteiger partial charge in [0.2, 0.25) is 11.8 Å². The van der Waals surface area contributed by atoms with Gasteiger partial charge in [-0.3, -0.25) is 9.59 Å². The lowest BCUT2D eigenvalue weighted by Gasteiger charge is -2.26. The van der Waals surface area contributed by atoms with Gasteiger partial charge in [0.05, 0.1) is 17.0 Å². The standard InChI is InChI=1S/C20H24ClN3O2S2/c21-15-5-7-17(8-6-15)28-13-19(25)23-18(11-16-12-27-14-22-16)20(26)24-9-3-1-2-4-10-24/h5-8,12,14,18H,1-4,9-11,13H2,(H,23,25). The summed E-state index contributed by atoms with van der Waals surface area (Å²) < 4.78 is 0. The van der Waals surface area contributed by atoms with Gasteiger partial charge in [0.25, 0.3) is 0 Å².